The predicted molar refractivity (Wildman–Crippen MR) is 95.7 cm³/mol. The third-order valence-electron chi connectivity index (χ3n) is 5.24. The molecule has 1 aromatic heterocycles. The summed E-state index contributed by atoms with van der Waals surface area (Å²) in [7, 11) is 0. The maximum atomic E-state index is 12.5. The van der Waals surface area contributed by atoms with E-state index in [1.165, 1.54) is 6.26 Å². The molecular weight excluding hydrogens is 350 g/mol. The fourth-order valence-electron chi connectivity index (χ4n) is 3.12. The lowest BCUT2D eigenvalue weighted by atomic mass is 9.69. The van der Waals surface area contributed by atoms with Crippen molar-refractivity contribution in [3.63, 3.8) is 0 Å². The maximum Gasteiger partial charge on any atom is 0.363 e. The molecule has 1 saturated heterocycles. The summed E-state index contributed by atoms with van der Waals surface area (Å²) in [5.41, 5.74) is -2.52. The summed E-state index contributed by atoms with van der Waals surface area (Å²) in [6.07, 6.45) is 1.93. The topological polar surface area (TPSA) is 89.2 Å². The molecule has 0 bridgehead atoms. The number of amides is 1. The molecule has 1 fully saturated rings. The van der Waals surface area contributed by atoms with Crippen LogP contribution < -0.4 is 4.89 Å². The van der Waals surface area contributed by atoms with Crippen LogP contribution >= 0.6 is 0 Å². The summed E-state index contributed by atoms with van der Waals surface area (Å²) < 4.78 is 5.14. The molecule has 2 aromatic rings. The van der Waals surface area contributed by atoms with Gasteiger partial charge in [0.25, 0.3) is 5.91 Å². The number of likely N-dealkylation sites (tertiary alicyclic amines) is 1. The summed E-state index contributed by atoms with van der Waals surface area (Å²) in [4.78, 5) is 36.5. The highest BCUT2D eigenvalue weighted by atomic mass is 17.2. The molecule has 1 aliphatic rings. The average Bonchev–Trinajstić information content (AvgIpc) is 3.21. The van der Waals surface area contributed by atoms with Gasteiger partial charge in [-0.05, 0) is 51.0 Å². The van der Waals surface area contributed by atoms with Crippen LogP contribution in [0.5, 0.6) is 5.75 Å². The molecule has 1 amide bonds. The van der Waals surface area contributed by atoms with Crippen LogP contribution in [0.3, 0.4) is 0 Å². The van der Waals surface area contributed by atoms with Crippen LogP contribution in [-0.2, 0) is 9.68 Å². The molecule has 144 valence electrons. The molecule has 1 aromatic carbocycles. The van der Waals surface area contributed by atoms with Crippen molar-refractivity contribution in [1.29, 1.82) is 0 Å². The lowest BCUT2D eigenvalue weighted by Crippen LogP contribution is -2.57. The number of aliphatic hydroxyl groups is 1. The van der Waals surface area contributed by atoms with E-state index in [0.29, 0.717) is 18.8 Å². The molecule has 0 atom stereocenters. The Morgan fingerprint density at radius 2 is 1.78 bits per heavy atom. The lowest BCUT2D eigenvalue weighted by Gasteiger charge is -2.45. The van der Waals surface area contributed by atoms with E-state index >= 15 is 0 Å². The highest BCUT2D eigenvalue weighted by Crippen LogP contribution is 2.40. The summed E-state index contributed by atoms with van der Waals surface area (Å²) in [5, 5.41) is 11.1. The summed E-state index contributed by atoms with van der Waals surface area (Å²) >= 11 is 0. The van der Waals surface area contributed by atoms with Crippen molar-refractivity contribution in [2.75, 3.05) is 13.1 Å². The van der Waals surface area contributed by atoms with Gasteiger partial charge in [-0.15, -0.1) is 0 Å². The predicted octanol–water partition coefficient (Wildman–Crippen LogP) is 2.81. The molecule has 0 aliphatic carbocycles. The van der Waals surface area contributed by atoms with E-state index in [0.717, 1.165) is 0 Å². The quantitative estimate of drug-likeness (QED) is 0.640. The van der Waals surface area contributed by atoms with Gasteiger partial charge in [0.05, 0.1) is 17.3 Å². The molecule has 0 radical (unpaired) electrons. The zero-order chi connectivity index (χ0) is 19.5. The minimum Gasteiger partial charge on any atom is -0.459 e. The van der Waals surface area contributed by atoms with E-state index in [2.05, 4.69) is 0 Å². The van der Waals surface area contributed by atoms with Crippen LogP contribution in [0.1, 0.15) is 37.2 Å². The number of rotatable bonds is 5. The van der Waals surface area contributed by atoms with Crippen LogP contribution in [0.15, 0.2) is 53.1 Å². The second-order valence-corrected chi connectivity index (χ2v) is 7.19. The van der Waals surface area contributed by atoms with E-state index in [-0.39, 0.29) is 24.5 Å². The molecule has 0 saturated carbocycles. The van der Waals surface area contributed by atoms with Crippen molar-refractivity contribution >= 4 is 11.9 Å². The van der Waals surface area contributed by atoms with E-state index in [1.54, 1.807) is 55.1 Å². The normalized spacial score (nSPS) is 16.6. The van der Waals surface area contributed by atoms with Gasteiger partial charge in [-0.3, -0.25) is 9.68 Å². The van der Waals surface area contributed by atoms with Crippen molar-refractivity contribution in [3.05, 3.63) is 54.5 Å². The summed E-state index contributed by atoms with van der Waals surface area (Å²) in [5.74, 6) is -0.239. The SMILES string of the molecule is CC(C)(C(=O)OOc1ccccc1)C1(O)CCN(C(=O)c2ccco2)CC1. The Labute approximate surface area is 157 Å². The van der Waals surface area contributed by atoms with Gasteiger partial charge >= 0.3 is 5.97 Å². The fourth-order valence-corrected chi connectivity index (χ4v) is 3.12. The van der Waals surface area contributed by atoms with E-state index in [1.807, 2.05) is 6.07 Å². The Kier molecular flexibility index (Phi) is 5.23. The van der Waals surface area contributed by atoms with Gasteiger partial charge in [-0.2, -0.15) is 0 Å². The monoisotopic (exact) mass is 373 g/mol. The van der Waals surface area contributed by atoms with Crippen LogP contribution in [-0.4, -0.2) is 40.6 Å². The van der Waals surface area contributed by atoms with Gasteiger partial charge < -0.3 is 14.4 Å². The second-order valence-electron chi connectivity index (χ2n) is 7.19. The van der Waals surface area contributed by atoms with E-state index in [9.17, 15) is 14.7 Å². The first kappa shape index (κ1) is 19.0. The number of carbonyl (C=O) groups is 2. The lowest BCUT2D eigenvalue weighted by molar-refractivity contribution is -0.238. The first-order valence-electron chi connectivity index (χ1n) is 8.83. The molecule has 1 aliphatic heterocycles. The standard InChI is InChI=1S/C20H23NO6/c1-19(2,18(23)27-26-15-7-4-3-5-8-15)20(24)10-12-21(13-11-20)17(22)16-9-6-14-25-16/h3-9,14,24H,10-13H2,1-2H3. The third-order valence-corrected chi connectivity index (χ3v) is 5.24. The number of carbonyl (C=O) groups excluding carboxylic acids is 2. The molecule has 2 heterocycles. The molecule has 27 heavy (non-hydrogen) atoms. The Balaban J connectivity index is 1.60. The molecule has 7 heteroatoms. The van der Waals surface area contributed by atoms with Crippen molar-refractivity contribution in [2.45, 2.75) is 32.3 Å². The number of benzene rings is 1. The van der Waals surface area contributed by atoms with Gasteiger partial charge in [-0.1, -0.05) is 18.2 Å². The van der Waals surface area contributed by atoms with Crippen LogP contribution in [0.25, 0.3) is 0 Å². The zero-order valence-electron chi connectivity index (χ0n) is 15.4. The molecular formula is C20H23NO6. The first-order valence-corrected chi connectivity index (χ1v) is 8.83. The number of hydrogen-bond donors (Lipinski definition) is 1. The molecule has 0 spiro atoms. The van der Waals surface area contributed by atoms with Gasteiger partial charge in [0.15, 0.2) is 11.5 Å². The average molecular weight is 373 g/mol. The Hall–Kier alpha value is -2.80. The van der Waals surface area contributed by atoms with Gasteiger partial charge in [0.1, 0.15) is 0 Å². The number of furan rings is 1. The Morgan fingerprint density at radius 1 is 1.11 bits per heavy atom. The minimum absolute atomic E-state index is 0.227. The number of hydrogen-bond acceptors (Lipinski definition) is 6. The third kappa shape index (κ3) is 3.83. The first-order chi connectivity index (χ1) is 12.8. The van der Waals surface area contributed by atoms with Crippen LogP contribution in [0.4, 0.5) is 0 Å². The summed E-state index contributed by atoms with van der Waals surface area (Å²) in [6.45, 7) is 3.86. The number of para-hydroxylation sites is 1. The van der Waals surface area contributed by atoms with Crippen molar-refractivity contribution < 1.29 is 28.9 Å². The molecule has 7 nitrogen and oxygen atoms in total. The molecule has 3 rings (SSSR count). The van der Waals surface area contributed by atoms with Gasteiger partial charge in [0, 0.05) is 13.1 Å². The summed E-state index contributed by atoms with van der Waals surface area (Å²) in [6, 6.07) is 11.9. The largest absolute Gasteiger partial charge is 0.459 e. The number of nitrogens with zero attached hydrogens (tertiary/aromatic N) is 1. The van der Waals surface area contributed by atoms with Crippen molar-refractivity contribution in [3.8, 4) is 5.75 Å². The smallest absolute Gasteiger partial charge is 0.363 e. The molecule has 0 unspecified atom stereocenters. The zero-order valence-corrected chi connectivity index (χ0v) is 15.4. The van der Waals surface area contributed by atoms with Crippen LogP contribution in [0.2, 0.25) is 0 Å². The van der Waals surface area contributed by atoms with Gasteiger partial charge in [0.2, 0.25) is 0 Å². The Bertz CT molecular complexity index is 776. The van der Waals surface area contributed by atoms with Crippen molar-refractivity contribution in [1.82, 2.24) is 4.90 Å². The van der Waals surface area contributed by atoms with E-state index in [4.69, 9.17) is 14.2 Å². The van der Waals surface area contributed by atoms with Crippen LogP contribution in [0, 0.1) is 5.41 Å². The Morgan fingerprint density at radius 3 is 2.37 bits per heavy atom. The van der Waals surface area contributed by atoms with Gasteiger partial charge in [-0.25, -0.2) is 9.68 Å². The van der Waals surface area contributed by atoms with E-state index < -0.39 is 17.0 Å². The highest BCUT2D eigenvalue weighted by molar-refractivity contribution is 5.91. The number of piperidine rings is 1. The highest BCUT2D eigenvalue weighted by Gasteiger charge is 2.52. The fraction of sp³-hybridized carbons (Fsp3) is 0.400. The molecule has 1 N–H and O–H groups in total. The second kappa shape index (κ2) is 7.44. The minimum atomic E-state index is -1.32. The van der Waals surface area contributed by atoms with Crippen molar-refractivity contribution in [2.24, 2.45) is 5.41 Å². The maximum absolute atomic E-state index is 12.5.